The third-order valence-corrected chi connectivity index (χ3v) is 8.25. The Morgan fingerprint density at radius 3 is 2.44 bits per heavy atom. The van der Waals surface area contributed by atoms with Gasteiger partial charge >= 0.3 is 0 Å². The molecule has 0 fully saturated rings. The lowest BCUT2D eigenvalue weighted by Gasteiger charge is -2.26. The van der Waals surface area contributed by atoms with Crippen LogP contribution in [-0.4, -0.2) is 22.8 Å². The molecule has 2 unspecified atom stereocenters. The van der Waals surface area contributed by atoms with Crippen molar-refractivity contribution >= 4 is 34.7 Å². The minimum atomic E-state index is -0.401. The molecule has 5 heteroatoms. The number of thiazole rings is 1. The predicted molar refractivity (Wildman–Crippen MR) is 165 cm³/mol. The van der Waals surface area contributed by atoms with E-state index in [0.29, 0.717) is 5.92 Å². The van der Waals surface area contributed by atoms with Crippen LogP contribution in [0.15, 0.2) is 131 Å². The smallest absolute Gasteiger partial charge is 0.169 e. The average molecular weight is 527 g/mol. The van der Waals surface area contributed by atoms with E-state index in [9.17, 15) is 0 Å². The molecule has 0 radical (unpaired) electrons. The summed E-state index contributed by atoms with van der Waals surface area (Å²) in [6.45, 7) is 7.90. The Morgan fingerprint density at radius 2 is 1.72 bits per heavy atom. The zero-order valence-corrected chi connectivity index (χ0v) is 22.6. The molecule has 1 aliphatic heterocycles. The fourth-order valence-corrected chi connectivity index (χ4v) is 6.19. The van der Waals surface area contributed by atoms with Gasteiger partial charge in [-0.3, -0.25) is 0 Å². The Bertz CT molecular complexity index is 1680. The van der Waals surface area contributed by atoms with Gasteiger partial charge in [0.15, 0.2) is 6.17 Å². The van der Waals surface area contributed by atoms with E-state index in [0.717, 1.165) is 63.6 Å². The van der Waals surface area contributed by atoms with Gasteiger partial charge in [-0.25, -0.2) is 15.0 Å². The van der Waals surface area contributed by atoms with Gasteiger partial charge < -0.3 is 5.32 Å². The predicted octanol–water partition coefficient (Wildman–Crippen LogP) is 6.23. The molecular formula is C34H30N4S. The number of nitrogens with one attached hydrogen (secondary N) is 1. The Balaban J connectivity index is 1.39. The Hall–Kier alpha value is -4.35. The maximum atomic E-state index is 5.10. The van der Waals surface area contributed by atoms with E-state index in [1.807, 2.05) is 18.2 Å². The van der Waals surface area contributed by atoms with E-state index >= 15 is 0 Å². The zero-order valence-electron chi connectivity index (χ0n) is 21.8. The van der Waals surface area contributed by atoms with Gasteiger partial charge in [-0.1, -0.05) is 116 Å². The maximum absolute atomic E-state index is 5.10. The van der Waals surface area contributed by atoms with Crippen molar-refractivity contribution in [2.75, 3.05) is 0 Å². The van der Waals surface area contributed by atoms with Crippen molar-refractivity contribution in [3.05, 3.63) is 137 Å². The fraction of sp³-hybridized carbons (Fsp3) is 0.147. The highest BCUT2D eigenvalue weighted by Gasteiger charge is 2.25. The fourth-order valence-electron chi connectivity index (χ4n) is 5.13. The van der Waals surface area contributed by atoms with Crippen molar-refractivity contribution in [2.45, 2.75) is 31.3 Å². The van der Waals surface area contributed by atoms with Crippen molar-refractivity contribution < 1.29 is 0 Å². The highest BCUT2D eigenvalue weighted by molar-refractivity contribution is 7.13. The first-order valence-electron chi connectivity index (χ1n) is 13.3. The molecule has 0 saturated carbocycles. The summed E-state index contributed by atoms with van der Waals surface area (Å²) in [6.07, 6.45) is 16.9. The molecule has 0 spiro atoms. The van der Waals surface area contributed by atoms with Crippen LogP contribution in [0.4, 0.5) is 0 Å². The van der Waals surface area contributed by atoms with Crippen LogP contribution >= 0.6 is 11.3 Å². The summed E-state index contributed by atoms with van der Waals surface area (Å²) in [4.78, 5) is 15.2. The van der Waals surface area contributed by atoms with Crippen LogP contribution in [0.5, 0.6) is 0 Å². The largest absolute Gasteiger partial charge is 0.325 e. The molecule has 0 saturated heterocycles. The lowest BCUT2D eigenvalue weighted by atomic mass is 9.90. The first-order chi connectivity index (χ1) is 19.2. The Labute approximate surface area is 233 Å². The first kappa shape index (κ1) is 25.0. The molecule has 0 bridgehead atoms. The average Bonchev–Trinajstić information content (AvgIpc) is 3.45. The van der Waals surface area contributed by atoms with E-state index in [1.54, 1.807) is 17.4 Å². The standard InChI is InChI=1S/C34H30N4S/c1-3-12-23(4-2)31-36-32(26-21-19-25(20-22-26)24-13-7-5-8-14-24)38-33(37-31)28-17-11-18-29-30(28)35-34(39-29)27-15-9-6-10-16-27/h3-10,12-16,18-19,21-22,25,31H,1-2,11,17,20H2,(H,36,37,38)/b23-12+. The number of fused-ring (bicyclic) bond motifs is 1. The summed E-state index contributed by atoms with van der Waals surface area (Å²) in [6, 6.07) is 21.0. The Kier molecular flexibility index (Phi) is 7.15. The number of rotatable bonds is 7. The van der Waals surface area contributed by atoms with Crippen molar-refractivity contribution in [3.8, 4) is 10.6 Å². The van der Waals surface area contributed by atoms with Crippen molar-refractivity contribution in [1.29, 1.82) is 0 Å². The molecule has 39 heavy (non-hydrogen) atoms. The number of hydrogen-bond donors (Lipinski definition) is 1. The van der Waals surface area contributed by atoms with Crippen LogP contribution in [0.2, 0.25) is 0 Å². The van der Waals surface area contributed by atoms with Gasteiger partial charge in [0.25, 0.3) is 0 Å². The summed E-state index contributed by atoms with van der Waals surface area (Å²) in [5.41, 5.74) is 5.58. The molecule has 1 aromatic heterocycles. The number of aliphatic imine (C=N–C) groups is 2. The molecule has 2 aliphatic carbocycles. The second-order valence-electron chi connectivity index (χ2n) is 9.65. The van der Waals surface area contributed by atoms with E-state index in [-0.39, 0.29) is 0 Å². The third-order valence-electron chi connectivity index (χ3n) is 7.15. The molecule has 3 aromatic rings. The number of nitrogens with zero attached hydrogens (tertiary/aromatic N) is 3. The topological polar surface area (TPSA) is 49.6 Å². The highest BCUT2D eigenvalue weighted by Crippen LogP contribution is 2.28. The van der Waals surface area contributed by atoms with Crippen LogP contribution in [0.25, 0.3) is 22.2 Å². The lowest BCUT2D eigenvalue weighted by molar-refractivity contribution is 0.810. The van der Waals surface area contributed by atoms with Crippen molar-refractivity contribution in [2.24, 2.45) is 9.98 Å². The number of benzene rings is 2. The van der Waals surface area contributed by atoms with Crippen molar-refractivity contribution in [1.82, 2.24) is 10.3 Å². The number of aromatic nitrogens is 1. The SMILES string of the molecule is C=C/C=C(\C=C)C1N=C(C2=CCC(c3ccccc3)C=C2)NC(C2=c3nc(-c4ccccc4)sc3=CCC2)=N1. The third kappa shape index (κ3) is 5.18. The van der Waals surface area contributed by atoms with E-state index in [1.165, 1.54) is 10.1 Å². The quantitative estimate of drug-likeness (QED) is 0.371. The van der Waals surface area contributed by atoms with Gasteiger partial charge in [0.1, 0.15) is 16.7 Å². The minimum absolute atomic E-state index is 0.365. The zero-order chi connectivity index (χ0) is 26.6. The summed E-state index contributed by atoms with van der Waals surface area (Å²) in [7, 11) is 0. The van der Waals surface area contributed by atoms with Crippen molar-refractivity contribution in [3.63, 3.8) is 0 Å². The Morgan fingerprint density at radius 1 is 0.949 bits per heavy atom. The van der Waals surface area contributed by atoms with Crippen LogP contribution in [0, 0.1) is 0 Å². The number of amidine groups is 2. The summed E-state index contributed by atoms with van der Waals surface area (Å²) < 4.78 is 1.20. The van der Waals surface area contributed by atoms with Crippen LogP contribution < -0.4 is 15.2 Å². The first-order valence-corrected chi connectivity index (χ1v) is 14.1. The van der Waals surface area contributed by atoms with E-state index < -0.39 is 6.17 Å². The van der Waals surface area contributed by atoms with Gasteiger partial charge in [0, 0.05) is 22.6 Å². The summed E-state index contributed by atoms with van der Waals surface area (Å²) in [5, 5.41) is 5.64. The molecule has 192 valence electrons. The van der Waals surface area contributed by atoms with Gasteiger partial charge in [-0.05, 0) is 30.4 Å². The molecule has 2 heterocycles. The number of allylic oxidation sites excluding steroid dienone is 4. The van der Waals surface area contributed by atoms with Gasteiger partial charge in [0.2, 0.25) is 0 Å². The maximum Gasteiger partial charge on any atom is 0.169 e. The lowest BCUT2D eigenvalue weighted by Crippen LogP contribution is -2.42. The molecule has 3 aliphatic rings. The molecule has 1 N–H and O–H groups in total. The normalized spacial score (nSPS) is 20.6. The van der Waals surface area contributed by atoms with E-state index in [2.05, 4.69) is 97.4 Å². The summed E-state index contributed by atoms with van der Waals surface area (Å²) in [5.74, 6) is 2.02. The van der Waals surface area contributed by atoms with Gasteiger partial charge in [-0.15, -0.1) is 11.3 Å². The second-order valence-corrected chi connectivity index (χ2v) is 10.7. The molecule has 4 nitrogen and oxygen atoms in total. The molecule has 0 amide bonds. The van der Waals surface area contributed by atoms with Crippen LogP contribution in [-0.2, 0) is 0 Å². The molecule has 2 aromatic carbocycles. The van der Waals surface area contributed by atoms with Gasteiger partial charge in [0.05, 0.1) is 9.88 Å². The molecule has 6 rings (SSSR count). The minimum Gasteiger partial charge on any atom is -0.325 e. The van der Waals surface area contributed by atoms with Gasteiger partial charge in [-0.2, -0.15) is 0 Å². The number of hydrogen-bond acceptors (Lipinski definition) is 5. The van der Waals surface area contributed by atoms with Crippen LogP contribution in [0.1, 0.15) is 30.7 Å². The summed E-state index contributed by atoms with van der Waals surface area (Å²) >= 11 is 1.74. The highest BCUT2D eigenvalue weighted by atomic mass is 32.1. The molecular weight excluding hydrogens is 496 g/mol. The monoisotopic (exact) mass is 526 g/mol. The van der Waals surface area contributed by atoms with Crippen LogP contribution in [0.3, 0.4) is 0 Å². The second kappa shape index (κ2) is 11.2. The van der Waals surface area contributed by atoms with E-state index in [4.69, 9.17) is 15.0 Å². The molecule has 2 atom stereocenters.